The Kier molecular flexibility index (Phi) is 25.8. The van der Waals surface area contributed by atoms with E-state index in [-0.39, 0.29) is 44.1 Å². The molecular formula is C60H94N8O12. The highest BCUT2D eigenvalue weighted by Crippen LogP contribution is 2.26. The van der Waals surface area contributed by atoms with Crippen molar-refractivity contribution in [2.45, 2.75) is 188 Å². The number of likely N-dealkylation sites (tertiary alicyclic amines) is 1. The van der Waals surface area contributed by atoms with E-state index in [2.05, 4.69) is 16.0 Å². The zero-order chi connectivity index (χ0) is 60.7. The van der Waals surface area contributed by atoms with E-state index in [0.29, 0.717) is 30.4 Å². The number of carbonyl (C=O) groups excluding carboxylic acids is 8. The van der Waals surface area contributed by atoms with E-state index in [0.717, 1.165) is 4.90 Å². The molecule has 1 heterocycles. The number of hydrogen-bond acceptors (Lipinski definition) is 11. The Morgan fingerprint density at radius 2 is 1.09 bits per heavy atom. The summed E-state index contributed by atoms with van der Waals surface area (Å²) in [7, 11) is 5.62. The first kappa shape index (κ1) is 67.9. The molecule has 0 aliphatic carbocycles. The second kappa shape index (κ2) is 30.4. The van der Waals surface area contributed by atoms with E-state index in [1.165, 1.54) is 61.6 Å². The van der Waals surface area contributed by atoms with Gasteiger partial charge in [0.1, 0.15) is 48.4 Å². The number of carboxylic acid groups (broad SMARTS) is 1. The molecule has 2 aromatic carbocycles. The molecule has 8 amide bonds. The molecule has 6 N–H and O–H groups in total. The molecule has 1 fully saturated rings. The van der Waals surface area contributed by atoms with Gasteiger partial charge in [-0.05, 0) is 73.8 Å². The van der Waals surface area contributed by atoms with E-state index in [9.17, 15) is 48.9 Å². The zero-order valence-corrected chi connectivity index (χ0v) is 50.3. The average Bonchev–Trinajstić information content (AvgIpc) is 3.89. The molecule has 11 atom stereocenters. The van der Waals surface area contributed by atoms with Crippen LogP contribution in [-0.2, 0) is 56.0 Å². The zero-order valence-electron chi connectivity index (χ0n) is 50.3. The second-order valence-corrected chi connectivity index (χ2v) is 23.6. The number of likely N-dealkylation sites (N-methyl/N-ethyl adjacent to an activating group) is 4. The SMILES string of the molecule is CC[C@@H](C)[C@H](NC(=O)[C@@H]1CCCN1C(=O)[C@H](Cc1ccccc1)N(C)C(=O)[C@H](Cc1ccccc1)NC(=O)[C@H](C(C)C)N(C)C(=O)C(O)[C@@H](C)CC)C(=O)N(C)[C@H](C(=O)N[C@@H](CC(C)C)C(=O)N(C)[C@@H](C(=O)O)C(C)(C)O)C(C)C. The third-order valence-electron chi connectivity index (χ3n) is 15.6. The van der Waals surface area contributed by atoms with Crippen molar-refractivity contribution in [1.82, 2.24) is 40.4 Å². The maximum absolute atomic E-state index is 15.2. The summed E-state index contributed by atoms with van der Waals surface area (Å²) >= 11 is 0. The molecule has 1 aliphatic heterocycles. The van der Waals surface area contributed by atoms with E-state index in [1.807, 2.05) is 64.1 Å². The first-order chi connectivity index (χ1) is 37.3. The van der Waals surface area contributed by atoms with Gasteiger partial charge in [-0.25, -0.2) is 4.79 Å². The molecule has 3 rings (SSSR count). The smallest absolute Gasteiger partial charge is 0.329 e. The van der Waals surface area contributed by atoms with Gasteiger partial charge in [0.15, 0.2) is 6.04 Å². The summed E-state index contributed by atoms with van der Waals surface area (Å²) in [5, 5.41) is 40.2. The number of nitrogens with zero attached hydrogens (tertiary/aromatic N) is 5. The predicted octanol–water partition coefficient (Wildman–Crippen LogP) is 3.89. The Bertz CT molecular complexity index is 2420. The molecule has 1 unspecified atom stereocenters. The molecule has 2 aromatic rings. The fourth-order valence-corrected chi connectivity index (χ4v) is 10.6. The second-order valence-electron chi connectivity index (χ2n) is 23.6. The van der Waals surface area contributed by atoms with E-state index in [1.54, 1.807) is 65.8 Å². The van der Waals surface area contributed by atoms with Gasteiger partial charge < -0.3 is 55.8 Å². The molecule has 80 heavy (non-hydrogen) atoms. The lowest BCUT2D eigenvalue weighted by atomic mass is 9.94. The van der Waals surface area contributed by atoms with Gasteiger partial charge in [0.25, 0.3) is 5.91 Å². The highest BCUT2D eigenvalue weighted by molar-refractivity contribution is 5.98. The topological polar surface area (TPSA) is 267 Å². The highest BCUT2D eigenvalue weighted by Gasteiger charge is 2.46. The minimum atomic E-state index is -1.83. The van der Waals surface area contributed by atoms with Crippen LogP contribution in [0, 0.1) is 29.6 Å². The van der Waals surface area contributed by atoms with Crippen LogP contribution < -0.4 is 16.0 Å². The first-order valence-corrected chi connectivity index (χ1v) is 28.3. The Balaban J connectivity index is 2.01. The quantitative estimate of drug-likeness (QED) is 0.0678. The molecule has 446 valence electrons. The lowest BCUT2D eigenvalue weighted by Crippen LogP contribution is -2.63. The van der Waals surface area contributed by atoms with Crippen LogP contribution in [0.15, 0.2) is 60.7 Å². The summed E-state index contributed by atoms with van der Waals surface area (Å²) in [5.41, 5.74) is -0.405. The predicted molar refractivity (Wildman–Crippen MR) is 305 cm³/mol. The first-order valence-electron chi connectivity index (χ1n) is 28.3. The van der Waals surface area contributed by atoms with Crippen molar-refractivity contribution in [1.29, 1.82) is 0 Å². The summed E-state index contributed by atoms with van der Waals surface area (Å²) in [5.74, 6) is -8.42. The Morgan fingerprint density at radius 1 is 0.625 bits per heavy atom. The van der Waals surface area contributed by atoms with Crippen LogP contribution in [0.1, 0.15) is 126 Å². The molecule has 1 aliphatic rings. The number of nitrogens with one attached hydrogen (secondary N) is 3. The van der Waals surface area contributed by atoms with Crippen molar-refractivity contribution in [2.24, 2.45) is 29.6 Å². The van der Waals surface area contributed by atoms with Crippen molar-refractivity contribution >= 4 is 53.2 Å². The van der Waals surface area contributed by atoms with Gasteiger partial charge >= 0.3 is 5.97 Å². The standard InChI is InChI=1S/C60H94N8O12/c1-17-38(9)46(57(76)65(14)47(36(5)6)52(71)61-42(32-35(3)4)55(74)67(16)50(59(78)79)60(11,12)80)63-51(70)44-30-25-31-68(44)56(75)45(34-41-28-23-20-24-29-41)64(13)54(73)43(33-40-26-21-19-22-27-40)62-53(72)48(37(7)8)66(15)58(77)49(69)39(10)18-2/h19-24,26-29,35-39,42-50,69,80H,17-18,25,30-34H2,1-16H3,(H,61,71)(H,62,72)(H,63,70)(H,78,79)/t38-,39+,42+,43+,44+,45+,46+,47+,48+,49?,50+/m1/s1. The monoisotopic (exact) mass is 1120 g/mol. The molecular weight excluding hydrogens is 1020 g/mol. The largest absolute Gasteiger partial charge is 0.480 e. The molecule has 1 saturated heterocycles. The highest BCUT2D eigenvalue weighted by atomic mass is 16.4. The van der Waals surface area contributed by atoms with Gasteiger partial charge in [0, 0.05) is 47.6 Å². The number of hydrogen-bond donors (Lipinski definition) is 6. The molecule has 0 spiro atoms. The van der Waals surface area contributed by atoms with E-state index >= 15 is 9.59 Å². The molecule has 0 saturated carbocycles. The number of carbonyl (C=O) groups is 9. The average molecular weight is 1120 g/mol. The Hall–Kier alpha value is -6.41. The minimum Gasteiger partial charge on any atom is -0.480 e. The van der Waals surface area contributed by atoms with Gasteiger partial charge in [-0.15, -0.1) is 0 Å². The van der Waals surface area contributed by atoms with Crippen molar-refractivity contribution in [3.63, 3.8) is 0 Å². The van der Waals surface area contributed by atoms with Crippen LogP contribution in [-0.4, -0.2) is 188 Å². The minimum absolute atomic E-state index is 0.0256. The molecule has 20 nitrogen and oxygen atoms in total. The van der Waals surface area contributed by atoms with Gasteiger partial charge in [0.2, 0.25) is 41.4 Å². The number of amides is 8. The number of aliphatic carboxylic acids is 1. The van der Waals surface area contributed by atoms with Crippen molar-refractivity contribution < 1.29 is 58.5 Å². The third kappa shape index (κ3) is 17.8. The van der Waals surface area contributed by atoms with Gasteiger partial charge in [-0.1, -0.05) is 143 Å². The van der Waals surface area contributed by atoms with E-state index < -0.39 is 131 Å². The maximum atomic E-state index is 15.2. The Morgan fingerprint density at radius 3 is 1.54 bits per heavy atom. The summed E-state index contributed by atoms with van der Waals surface area (Å²) < 4.78 is 0. The Labute approximate surface area is 474 Å². The van der Waals surface area contributed by atoms with E-state index in [4.69, 9.17) is 0 Å². The lowest BCUT2D eigenvalue weighted by Gasteiger charge is -2.38. The van der Waals surface area contributed by atoms with Crippen LogP contribution in [0.3, 0.4) is 0 Å². The molecule has 20 heteroatoms. The lowest BCUT2D eigenvalue weighted by molar-refractivity contribution is -0.160. The number of carboxylic acids is 1. The molecule has 0 aromatic heterocycles. The van der Waals surface area contributed by atoms with Crippen molar-refractivity contribution in [3.05, 3.63) is 71.8 Å². The van der Waals surface area contributed by atoms with Crippen LogP contribution in [0.5, 0.6) is 0 Å². The number of aliphatic hydroxyl groups excluding tert-OH is 1. The number of benzene rings is 2. The summed E-state index contributed by atoms with van der Waals surface area (Å²) in [4.78, 5) is 134. The van der Waals surface area contributed by atoms with Gasteiger partial charge in [0.05, 0.1) is 5.60 Å². The van der Waals surface area contributed by atoms with Crippen LogP contribution in [0.25, 0.3) is 0 Å². The van der Waals surface area contributed by atoms with Gasteiger partial charge in [-0.2, -0.15) is 0 Å². The van der Waals surface area contributed by atoms with Crippen molar-refractivity contribution in [2.75, 3.05) is 34.7 Å². The van der Waals surface area contributed by atoms with Crippen molar-refractivity contribution in [3.8, 4) is 0 Å². The van der Waals surface area contributed by atoms with Gasteiger partial charge in [-0.3, -0.25) is 38.4 Å². The normalized spacial score (nSPS) is 17.4. The van der Waals surface area contributed by atoms with Crippen LogP contribution >= 0.6 is 0 Å². The summed E-state index contributed by atoms with van der Waals surface area (Å²) in [6.45, 7) is 20.6. The summed E-state index contributed by atoms with van der Waals surface area (Å²) in [6.07, 6.45) is 0.441. The molecule has 0 bridgehead atoms. The number of aliphatic hydroxyl groups is 2. The fraction of sp³-hybridized carbons (Fsp3) is 0.650. The summed E-state index contributed by atoms with van der Waals surface area (Å²) in [6, 6.07) is 8.34. The van der Waals surface area contributed by atoms with Crippen LogP contribution in [0.2, 0.25) is 0 Å². The maximum Gasteiger partial charge on any atom is 0.329 e. The molecule has 0 radical (unpaired) electrons. The fourth-order valence-electron chi connectivity index (χ4n) is 10.6. The third-order valence-corrected chi connectivity index (χ3v) is 15.6. The number of rotatable bonds is 29. The van der Waals surface area contributed by atoms with Crippen LogP contribution in [0.4, 0.5) is 0 Å².